The molecule has 1 saturated heterocycles. The second-order valence-electron chi connectivity index (χ2n) is 5.51. The maximum Gasteiger partial charge on any atom is 0.191 e. The van der Waals surface area contributed by atoms with E-state index in [0.717, 1.165) is 18.8 Å². The molecule has 19 heavy (non-hydrogen) atoms. The van der Waals surface area contributed by atoms with Crippen molar-refractivity contribution in [1.29, 1.82) is 0 Å². The topological polar surface area (TPSA) is 55.6 Å². The summed E-state index contributed by atoms with van der Waals surface area (Å²) in [6, 6.07) is 10.5. The van der Waals surface area contributed by atoms with Crippen LogP contribution in [0.1, 0.15) is 44.1 Å². The van der Waals surface area contributed by atoms with Gasteiger partial charge in [-0.25, -0.2) is 0 Å². The number of nitrogens with one attached hydrogen (secondary N) is 1. The number of aromatic nitrogens is 4. The minimum absolute atomic E-state index is 0.264. The Morgan fingerprint density at radius 2 is 2.05 bits per heavy atom. The molecule has 1 atom stereocenters. The van der Waals surface area contributed by atoms with Gasteiger partial charge in [-0.1, -0.05) is 30.3 Å². The van der Waals surface area contributed by atoms with Crippen molar-refractivity contribution in [1.82, 2.24) is 25.5 Å². The molecule has 0 radical (unpaired) electrons. The van der Waals surface area contributed by atoms with Crippen molar-refractivity contribution in [2.75, 3.05) is 6.54 Å². The van der Waals surface area contributed by atoms with Gasteiger partial charge in [0.25, 0.3) is 0 Å². The first kappa shape index (κ1) is 12.3. The summed E-state index contributed by atoms with van der Waals surface area (Å²) in [5.74, 6) is 0.807. The minimum atomic E-state index is -0.287. The van der Waals surface area contributed by atoms with Crippen molar-refractivity contribution >= 4 is 0 Å². The highest BCUT2D eigenvalue weighted by Gasteiger charge is 2.28. The lowest BCUT2D eigenvalue weighted by Crippen LogP contribution is -2.30. The molecule has 2 heterocycles. The Morgan fingerprint density at radius 3 is 2.74 bits per heavy atom. The van der Waals surface area contributed by atoms with E-state index in [2.05, 4.69) is 46.7 Å². The number of hydrogen-bond donors (Lipinski definition) is 1. The molecular weight excluding hydrogens is 238 g/mol. The average Bonchev–Trinajstić information content (AvgIpc) is 3.10. The molecule has 1 aliphatic rings. The molecule has 5 nitrogen and oxygen atoms in total. The largest absolute Gasteiger partial charge is 0.307 e. The fraction of sp³-hybridized carbons (Fsp3) is 0.500. The lowest BCUT2D eigenvalue weighted by Gasteiger charge is -2.23. The third-order valence-corrected chi connectivity index (χ3v) is 3.78. The molecule has 100 valence electrons. The number of rotatable bonds is 3. The maximum absolute atomic E-state index is 4.57. The van der Waals surface area contributed by atoms with Gasteiger partial charge in [-0.15, -0.1) is 10.2 Å². The Morgan fingerprint density at radius 1 is 1.26 bits per heavy atom. The van der Waals surface area contributed by atoms with Gasteiger partial charge in [0.2, 0.25) is 0 Å². The van der Waals surface area contributed by atoms with Crippen LogP contribution >= 0.6 is 0 Å². The van der Waals surface area contributed by atoms with Gasteiger partial charge in [-0.3, -0.25) is 0 Å². The van der Waals surface area contributed by atoms with Crippen LogP contribution in [0.5, 0.6) is 0 Å². The van der Waals surface area contributed by atoms with Gasteiger partial charge in [0.15, 0.2) is 5.82 Å². The predicted octanol–water partition coefficient (Wildman–Crippen LogP) is 1.88. The first-order chi connectivity index (χ1) is 9.18. The summed E-state index contributed by atoms with van der Waals surface area (Å²) in [4.78, 5) is 1.72. The first-order valence-electron chi connectivity index (χ1n) is 6.77. The number of nitrogens with zero attached hydrogens (tertiary/aromatic N) is 4. The molecule has 0 spiro atoms. The Bertz CT molecular complexity index is 540. The SMILES string of the molecule is CC(C)(c1ccccc1)n1nnc(C2CCCN2)n1. The van der Waals surface area contributed by atoms with Crippen LogP contribution in [0.25, 0.3) is 0 Å². The van der Waals surface area contributed by atoms with Crippen LogP contribution in [0.3, 0.4) is 0 Å². The highest BCUT2D eigenvalue weighted by atomic mass is 15.6. The van der Waals surface area contributed by atoms with Crippen LogP contribution < -0.4 is 5.32 Å². The van der Waals surface area contributed by atoms with Crippen LogP contribution in [0, 0.1) is 0 Å². The molecule has 3 rings (SSSR count). The average molecular weight is 257 g/mol. The Labute approximate surface area is 113 Å². The summed E-state index contributed by atoms with van der Waals surface area (Å²) in [7, 11) is 0. The van der Waals surface area contributed by atoms with Gasteiger partial charge in [-0.05, 0) is 44.0 Å². The minimum Gasteiger partial charge on any atom is -0.307 e. The number of benzene rings is 1. The Balaban J connectivity index is 1.89. The van der Waals surface area contributed by atoms with E-state index in [9.17, 15) is 0 Å². The van der Waals surface area contributed by atoms with Crippen molar-refractivity contribution in [3.8, 4) is 0 Å². The van der Waals surface area contributed by atoms with E-state index in [1.165, 1.54) is 12.0 Å². The van der Waals surface area contributed by atoms with Crippen molar-refractivity contribution in [3.63, 3.8) is 0 Å². The van der Waals surface area contributed by atoms with Crippen molar-refractivity contribution in [2.24, 2.45) is 0 Å². The van der Waals surface area contributed by atoms with E-state index in [1.54, 1.807) is 4.80 Å². The highest BCUT2D eigenvalue weighted by Crippen LogP contribution is 2.25. The van der Waals surface area contributed by atoms with Crippen LogP contribution in [-0.4, -0.2) is 26.8 Å². The van der Waals surface area contributed by atoms with Gasteiger partial charge < -0.3 is 5.32 Å². The summed E-state index contributed by atoms with van der Waals surface area (Å²) in [5, 5.41) is 16.4. The molecule has 1 N–H and O–H groups in total. The molecule has 5 heteroatoms. The fourth-order valence-corrected chi connectivity index (χ4v) is 2.47. The van der Waals surface area contributed by atoms with Gasteiger partial charge in [0.05, 0.1) is 6.04 Å². The fourth-order valence-electron chi connectivity index (χ4n) is 2.47. The van der Waals surface area contributed by atoms with Crippen molar-refractivity contribution in [2.45, 2.75) is 38.3 Å². The zero-order chi connectivity index (χ0) is 13.3. The molecule has 1 aliphatic heterocycles. The van der Waals surface area contributed by atoms with Crippen LogP contribution in [0.15, 0.2) is 30.3 Å². The molecule has 1 aromatic heterocycles. The van der Waals surface area contributed by atoms with E-state index < -0.39 is 0 Å². The second-order valence-corrected chi connectivity index (χ2v) is 5.51. The molecule has 0 amide bonds. The standard InChI is InChI=1S/C14H19N5/c1-14(2,11-7-4-3-5-8-11)19-17-13(16-18-19)12-9-6-10-15-12/h3-5,7-8,12,15H,6,9-10H2,1-2H3. The zero-order valence-electron chi connectivity index (χ0n) is 11.4. The number of hydrogen-bond acceptors (Lipinski definition) is 4. The summed E-state index contributed by atoms with van der Waals surface area (Å²) in [6.07, 6.45) is 2.28. The number of tetrazole rings is 1. The van der Waals surface area contributed by atoms with Gasteiger partial charge in [0.1, 0.15) is 5.54 Å². The summed E-state index contributed by atoms with van der Waals surface area (Å²) in [5.41, 5.74) is 0.892. The maximum atomic E-state index is 4.57. The lowest BCUT2D eigenvalue weighted by molar-refractivity contribution is 0.334. The molecule has 1 unspecified atom stereocenters. The third-order valence-electron chi connectivity index (χ3n) is 3.78. The highest BCUT2D eigenvalue weighted by molar-refractivity contribution is 5.22. The van der Waals surface area contributed by atoms with Gasteiger partial charge in [-0.2, -0.15) is 4.80 Å². The van der Waals surface area contributed by atoms with E-state index in [0.29, 0.717) is 0 Å². The van der Waals surface area contributed by atoms with Crippen LogP contribution in [0.4, 0.5) is 0 Å². The monoisotopic (exact) mass is 257 g/mol. The van der Waals surface area contributed by atoms with Crippen molar-refractivity contribution in [3.05, 3.63) is 41.7 Å². The van der Waals surface area contributed by atoms with E-state index in [1.807, 2.05) is 18.2 Å². The van der Waals surface area contributed by atoms with Crippen LogP contribution in [-0.2, 0) is 5.54 Å². The normalized spacial score (nSPS) is 19.8. The third kappa shape index (κ3) is 2.26. The molecule has 0 saturated carbocycles. The van der Waals surface area contributed by atoms with Crippen LogP contribution in [0.2, 0.25) is 0 Å². The van der Waals surface area contributed by atoms with Crippen molar-refractivity contribution < 1.29 is 0 Å². The summed E-state index contributed by atoms with van der Waals surface area (Å²) < 4.78 is 0. The van der Waals surface area contributed by atoms with Gasteiger partial charge in [0, 0.05) is 0 Å². The smallest absolute Gasteiger partial charge is 0.191 e. The Hall–Kier alpha value is -1.75. The molecule has 0 aliphatic carbocycles. The van der Waals surface area contributed by atoms with E-state index in [-0.39, 0.29) is 11.6 Å². The molecule has 2 aromatic rings. The zero-order valence-corrected chi connectivity index (χ0v) is 11.4. The molecular formula is C14H19N5. The molecule has 1 aromatic carbocycles. The van der Waals surface area contributed by atoms with E-state index in [4.69, 9.17) is 0 Å². The molecule has 0 bridgehead atoms. The summed E-state index contributed by atoms with van der Waals surface area (Å²) >= 11 is 0. The summed E-state index contributed by atoms with van der Waals surface area (Å²) in [6.45, 7) is 5.26. The second kappa shape index (κ2) is 4.74. The first-order valence-corrected chi connectivity index (χ1v) is 6.77. The van der Waals surface area contributed by atoms with Gasteiger partial charge >= 0.3 is 0 Å². The van der Waals surface area contributed by atoms with E-state index >= 15 is 0 Å². The Kier molecular flexibility index (Phi) is 3.06. The molecule has 1 fully saturated rings. The predicted molar refractivity (Wildman–Crippen MR) is 72.7 cm³/mol. The lowest BCUT2D eigenvalue weighted by atomic mass is 9.95. The quantitative estimate of drug-likeness (QED) is 0.912.